The van der Waals surface area contributed by atoms with Gasteiger partial charge in [-0.05, 0) is 18.9 Å². The van der Waals surface area contributed by atoms with E-state index in [2.05, 4.69) is 30.7 Å². The highest BCUT2D eigenvalue weighted by atomic mass is 15.2. The molecular formula is C12H21N3. The van der Waals surface area contributed by atoms with Gasteiger partial charge in [0.2, 0.25) is 0 Å². The van der Waals surface area contributed by atoms with Crippen LogP contribution in [0.2, 0.25) is 0 Å². The number of nitrogens with two attached hydrogens (primary N) is 1. The molecule has 1 aromatic rings. The summed E-state index contributed by atoms with van der Waals surface area (Å²) in [5, 5.41) is 0. The summed E-state index contributed by atoms with van der Waals surface area (Å²) in [4.78, 5) is 6.70. The van der Waals surface area contributed by atoms with E-state index >= 15 is 0 Å². The largest absolute Gasteiger partial charge is 0.356 e. The van der Waals surface area contributed by atoms with Crippen LogP contribution in [0.1, 0.15) is 26.3 Å². The molecular weight excluding hydrogens is 186 g/mol. The van der Waals surface area contributed by atoms with Crippen molar-refractivity contribution >= 4 is 5.82 Å². The molecule has 1 rings (SSSR count). The second kappa shape index (κ2) is 5.71. The fraction of sp³-hybridized carbons (Fsp3) is 0.583. The van der Waals surface area contributed by atoms with Crippen LogP contribution in [0.4, 0.5) is 5.82 Å². The SMILES string of the molecule is CCN(CC(C)C)c1ncccc1CN. The smallest absolute Gasteiger partial charge is 0.132 e. The minimum atomic E-state index is 0.553. The third kappa shape index (κ3) is 3.20. The lowest BCUT2D eigenvalue weighted by atomic mass is 10.2. The van der Waals surface area contributed by atoms with Crippen molar-refractivity contribution < 1.29 is 0 Å². The Kier molecular flexibility index (Phi) is 4.56. The second-order valence-electron chi connectivity index (χ2n) is 4.12. The predicted octanol–water partition coefficient (Wildman–Crippen LogP) is 2.02. The normalized spacial score (nSPS) is 10.7. The first-order valence-electron chi connectivity index (χ1n) is 5.58. The molecule has 1 aromatic heterocycles. The van der Waals surface area contributed by atoms with Crippen molar-refractivity contribution in [3.63, 3.8) is 0 Å². The van der Waals surface area contributed by atoms with Crippen LogP contribution in [0.5, 0.6) is 0 Å². The van der Waals surface area contributed by atoms with E-state index in [1.807, 2.05) is 18.3 Å². The molecule has 0 aliphatic heterocycles. The molecule has 0 unspecified atom stereocenters. The Morgan fingerprint density at radius 3 is 2.73 bits per heavy atom. The Balaban J connectivity index is 2.90. The van der Waals surface area contributed by atoms with Gasteiger partial charge < -0.3 is 10.6 Å². The molecule has 3 nitrogen and oxygen atoms in total. The van der Waals surface area contributed by atoms with Crippen LogP contribution < -0.4 is 10.6 Å². The van der Waals surface area contributed by atoms with Crippen molar-refractivity contribution in [1.29, 1.82) is 0 Å². The number of rotatable bonds is 5. The Labute approximate surface area is 92.3 Å². The first-order chi connectivity index (χ1) is 7.19. The third-order valence-electron chi connectivity index (χ3n) is 2.35. The van der Waals surface area contributed by atoms with E-state index in [9.17, 15) is 0 Å². The quantitative estimate of drug-likeness (QED) is 0.803. The Bertz CT molecular complexity index is 297. The lowest BCUT2D eigenvalue weighted by molar-refractivity contribution is 0.612. The summed E-state index contributed by atoms with van der Waals surface area (Å²) in [5.74, 6) is 1.67. The highest BCUT2D eigenvalue weighted by Crippen LogP contribution is 2.17. The lowest BCUT2D eigenvalue weighted by Crippen LogP contribution is -2.29. The van der Waals surface area contributed by atoms with E-state index in [0.29, 0.717) is 12.5 Å². The average molecular weight is 207 g/mol. The van der Waals surface area contributed by atoms with Crippen LogP contribution in [0, 0.1) is 5.92 Å². The molecule has 0 fully saturated rings. The number of hydrogen-bond donors (Lipinski definition) is 1. The van der Waals surface area contributed by atoms with Crippen molar-refractivity contribution in [1.82, 2.24) is 4.98 Å². The first-order valence-corrected chi connectivity index (χ1v) is 5.58. The Hall–Kier alpha value is -1.09. The highest BCUT2D eigenvalue weighted by molar-refractivity contribution is 5.46. The van der Waals surface area contributed by atoms with Gasteiger partial charge in [-0.1, -0.05) is 19.9 Å². The van der Waals surface area contributed by atoms with Gasteiger partial charge in [0.15, 0.2) is 0 Å². The van der Waals surface area contributed by atoms with E-state index in [-0.39, 0.29) is 0 Å². The van der Waals surface area contributed by atoms with Gasteiger partial charge in [-0.3, -0.25) is 0 Å². The summed E-state index contributed by atoms with van der Waals surface area (Å²) in [7, 11) is 0. The van der Waals surface area contributed by atoms with Gasteiger partial charge in [-0.15, -0.1) is 0 Å². The lowest BCUT2D eigenvalue weighted by Gasteiger charge is -2.25. The topological polar surface area (TPSA) is 42.2 Å². The Morgan fingerprint density at radius 2 is 2.20 bits per heavy atom. The second-order valence-corrected chi connectivity index (χ2v) is 4.12. The van der Waals surface area contributed by atoms with E-state index in [1.54, 1.807) is 0 Å². The molecule has 0 spiro atoms. The van der Waals surface area contributed by atoms with E-state index < -0.39 is 0 Å². The zero-order valence-electron chi connectivity index (χ0n) is 9.90. The molecule has 1 heterocycles. The monoisotopic (exact) mass is 207 g/mol. The number of aromatic nitrogens is 1. The molecule has 15 heavy (non-hydrogen) atoms. The molecule has 0 aromatic carbocycles. The first kappa shape index (κ1) is 12.0. The average Bonchev–Trinajstić information content (AvgIpc) is 2.25. The standard InChI is InChI=1S/C12H21N3/c1-4-15(9-10(2)3)12-11(8-13)6-5-7-14-12/h5-7,10H,4,8-9,13H2,1-3H3. The zero-order chi connectivity index (χ0) is 11.3. The van der Waals surface area contributed by atoms with Crippen molar-refractivity contribution in [3.8, 4) is 0 Å². The summed E-state index contributed by atoms with van der Waals surface area (Å²) >= 11 is 0. The van der Waals surface area contributed by atoms with Crippen LogP contribution in [0.3, 0.4) is 0 Å². The summed E-state index contributed by atoms with van der Waals surface area (Å²) < 4.78 is 0. The predicted molar refractivity (Wildman–Crippen MR) is 64.9 cm³/mol. The molecule has 0 aliphatic carbocycles. The summed E-state index contributed by atoms with van der Waals surface area (Å²) in [5.41, 5.74) is 6.83. The van der Waals surface area contributed by atoms with E-state index in [4.69, 9.17) is 5.73 Å². The number of pyridine rings is 1. The van der Waals surface area contributed by atoms with E-state index in [1.165, 1.54) is 0 Å². The number of hydrogen-bond acceptors (Lipinski definition) is 3. The van der Waals surface area contributed by atoms with Crippen molar-refractivity contribution in [2.45, 2.75) is 27.3 Å². The maximum atomic E-state index is 5.71. The minimum absolute atomic E-state index is 0.553. The molecule has 0 aliphatic rings. The molecule has 0 atom stereocenters. The molecule has 0 amide bonds. The fourth-order valence-electron chi connectivity index (χ4n) is 1.68. The van der Waals surface area contributed by atoms with Crippen molar-refractivity contribution in [2.75, 3.05) is 18.0 Å². The summed E-state index contributed by atoms with van der Waals surface area (Å²) in [6, 6.07) is 3.99. The van der Waals surface area contributed by atoms with Crippen LogP contribution in [-0.4, -0.2) is 18.1 Å². The van der Waals surface area contributed by atoms with Gasteiger partial charge >= 0.3 is 0 Å². The molecule has 2 N–H and O–H groups in total. The van der Waals surface area contributed by atoms with Crippen LogP contribution in [0.25, 0.3) is 0 Å². The van der Waals surface area contributed by atoms with Crippen LogP contribution in [-0.2, 0) is 6.54 Å². The van der Waals surface area contributed by atoms with Gasteiger partial charge in [0, 0.05) is 31.4 Å². The van der Waals surface area contributed by atoms with Gasteiger partial charge in [0.1, 0.15) is 5.82 Å². The molecule has 0 radical (unpaired) electrons. The fourth-order valence-corrected chi connectivity index (χ4v) is 1.68. The van der Waals surface area contributed by atoms with Crippen molar-refractivity contribution in [3.05, 3.63) is 23.9 Å². The van der Waals surface area contributed by atoms with Gasteiger partial charge in [-0.2, -0.15) is 0 Å². The molecule has 3 heteroatoms. The van der Waals surface area contributed by atoms with Gasteiger partial charge in [0.05, 0.1) is 0 Å². The zero-order valence-corrected chi connectivity index (χ0v) is 9.90. The van der Waals surface area contributed by atoms with Crippen molar-refractivity contribution in [2.24, 2.45) is 11.7 Å². The highest BCUT2D eigenvalue weighted by Gasteiger charge is 2.10. The van der Waals surface area contributed by atoms with Crippen LogP contribution >= 0.6 is 0 Å². The van der Waals surface area contributed by atoms with Gasteiger partial charge in [0.25, 0.3) is 0 Å². The molecule has 0 saturated heterocycles. The molecule has 0 bridgehead atoms. The Morgan fingerprint density at radius 1 is 1.47 bits per heavy atom. The maximum Gasteiger partial charge on any atom is 0.132 e. The molecule has 84 valence electrons. The molecule has 0 saturated carbocycles. The summed E-state index contributed by atoms with van der Waals surface area (Å²) in [6.07, 6.45) is 1.83. The van der Waals surface area contributed by atoms with Crippen LogP contribution in [0.15, 0.2) is 18.3 Å². The number of nitrogens with zero attached hydrogens (tertiary/aromatic N) is 2. The third-order valence-corrected chi connectivity index (χ3v) is 2.35. The summed E-state index contributed by atoms with van der Waals surface area (Å²) in [6.45, 7) is 9.14. The number of anilines is 1. The van der Waals surface area contributed by atoms with Gasteiger partial charge in [-0.25, -0.2) is 4.98 Å². The minimum Gasteiger partial charge on any atom is -0.356 e. The van der Waals surface area contributed by atoms with E-state index in [0.717, 1.165) is 24.5 Å². The maximum absolute atomic E-state index is 5.71.